The smallest absolute Gasteiger partial charge is 0.253 e. The molecule has 1 heterocycles. The van der Waals surface area contributed by atoms with Crippen LogP contribution in [0.1, 0.15) is 16.8 Å². The highest BCUT2D eigenvalue weighted by Crippen LogP contribution is 2.17. The fraction of sp³-hybridized carbons (Fsp3) is 0.357. The lowest BCUT2D eigenvalue weighted by Gasteiger charge is -2.09. The molecule has 5 nitrogen and oxygen atoms in total. The van der Waals surface area contributed by atoms with Crippen molar-refractivity contribution < 1.29 is 14.6 Å². The highest BCUT2D eigenvalue weighted by molar-refractivity contribution is 6.06. The van der Waals surface area contributed by atoms with Gasteiger partial charge in [0.2, 0.25) is 0 Å². The van der Waals surface area contributed by atoms with Gasteiger partial charge < -0.3 is 20.1 Å². The summed E-state index contributed by atoms with van der Waals surface area (Å²) >= 11 is 0. The number of para-hydroxylation sites is 1. The molecule has 5 heteroatoms. The van der Waals surface area contributed by atoms with E-state index in [9.17, 15) is 9.90 Å². The van der Waals surface area contributed by atoms with Gasteiger partial charge in [0.05, 0.1) is 18.3 Å². The Morgan fingerprint density at radius 2 is 2.26 bits per heavy atom. The van der Waals surface area contributed by atoms with E-state index in [4.69, 9.17) is 4.74 Å². The number of fused-ring (bicyclic) bond motifs is 1. The van der Waals surface area contributed by atoms with Crippen molar-refractivity contribution in [1.29, 1.82) is 0 Å². The molecule has 1 atom stereocenters. The van der Waals surface area contributed by atoms with E-state index in [1.807, 2.05) is 24.3 Å². The van der Waals surface area contributed by atoms with Crippen molar-refractivity contribution in [3.63, 3.8) is 0 Å². The summed E-state index contributed by atoms with van der Waals surface area (Å²) in [6, 6.07) is 7.64. The van der Waals surface area contributed by atoms with Gasteiger partial charge in [-0.15, -0.1) is 0 Å². The van der Waals surface area contributed by atoms with Crippen molar-refractivity contribution in [2.24, 2.45) is 0 Å². The van der Waals surface area contributed by atoms with E-state index >= 15 is 0 Å². The summed E-state index contributed by atoms with van der Waals surface area (Å²) in [6.45, 7) is 0.700. The molecule has 0 bridgehead atoms. The van der Waals surface area contributed by atoms with E-state index in [0.717, 1.165) is 10.9 Å². The third-order valence-electron chi connectivity index (χ3n) is 2.96. The molecule has 102 valence electrons. The normalized spacial score (nSPS) is 12.5. The predicted octanol–water partition coefficient (Wildman–Crippen LogP) is 1.30. The number of carbonyl (C=O) groups excluding carboxylic acids is 1. The summed E-state index contributed by atoms with van der Waals surface area (Å²) in [7, 11) is 1.54. The molecule has 0 radical (unpaired) electrons. The van der Waals surface area contributed by atoms with E-state index in [1.54, 1.807) is 6.20 Å². The second kappa shape index (κ2) is 6.36. The Morgan fingerprint density at radius 1 is 1.47 bits per heavy atom. The fourth-order valence-corrected chi connectivity index (χ4v) is 1.98. The lowest BCUT2D eigenvalue weighted by Crippen LogP contribution is -2.28. The average Bonchev–Trinajstić information content (AvgIpc) is 2.82. The third kappa shape index (κ3) is 3.33. The van der Waals surface area contributed by atoms with Gasteiger partial charge in [-0.2, -0.15) is 0 Å². The number of H-pyrrole nitrogens is 1. The van der Waals surface area contributed by atoms with Crippen molar-refractivity contribution in [2.75, 3.05) is 20.3 Å². The van der Waals surface area contributed by atoms with Crippen molar-refractivity contribution >= 4 is 16.8 Å². The minimum atomic E-state index is -0.548. The van der Waals surface area contributed by atoms with Crippen LogP contribution < -0.4 is 5.32 Å². The summed E-state index contributed by atoms with van der Waals surface area (Å²) < 4.78 is 4.82. The Morgan fingerprint density at radius 3 is 3.05 bits per heavy atom. The lowest BCUT2D eigenvalue weighted by atomic mass is 10.1. The van der Waals surface area contributed by atoms with E-state index in [0.29, 0.717) is 18.5 Å². The number of carbonyl (C=O) groups is 1. The first-order valence-corrected chi connectivity index (χ1v) is 6.23. The predicted molar refractivity (Wildman–Crippen MR) is 73.1 cm³/mol. The summed E-state index contributed by atoms with van der Waals surface area (Å²) in [5.41, 5.74) is 1.56. The van der Waals surface area contributed by atoms with Gasteiger partial charge in [-0.1, -0.05) is 18.2 Å². The largest absolute Gasteiger partial charge is 0.391 e. The molecule has 1 aromatic carbocycles. The molecule has 19 heavy (non-hydrogen) atoms. The van der Waals surface area contributed by atoms with Crippen molar-refractivity contribution in [1.82, 2.24) is 10.3 Å². The fourth-order valence-electron chi connectivity index (χ4n) is 1.98. The zero-order valence-corrected chi connectivity index (χ0v) is 10.8. The number of ether oxygens (including phenoxy) is 1. The van der Waals surface area contributed by atoms with Crippen LogP contribution in [0.2, 0.25) is 0 Å². The zero-order valence-electron chi connectivity index (χ0n) is 10.8. The molecule has 1 aromatic heterocycles. The summed E-state index contributed by atoms with van der Waals surface area (Å²) in [5.74, 6) is -0.137. The Labute approximate surface area is 111 Å². The van der Waals surface area contributed by atoms with Crippen LogP contribution in [-0.4, -0.2) is 42.4 Å². The van der Waals surface area contributed by atoms with Crippen LogP contribution in [0.3, 0.4) is 0 Å². The number of aromatic amines is 1. The van der Waals surface area contributed by atoms with Gasteiger partial charge in [0.1, 0.15) is 0 Å². The van der Waals surface area contributed by atoms with Crippen molar-refractivity contribution in [3.05, 3.63) is 36.0 Å². The molecular weight excluding hydrogens is 244 g/mol. The topological polar surface area (TPSA) is 74.3 Å². The van der Waals surface area contributed by atoms with Crippen LogP contribution in [0.25, 0.3) is 10.9 Å². The quantitative estimate of drug-likeness (QED) is 0.734. The monoisotopic (exact) mass is 262 g/mol. The van der Waals surface area contributed by atoms with E-state index < -0.39 is 6.10 Å². The van der Waals surface area contributed by atoms with Gasteiger partial charge in [-0.25, -0.2) is 0 Å². The molecule has 1 unspecified atom stereocenters. The lowest BCUT2D eigenvalue weighted by molar-refractivity contribution is 0.0588. The minimum absolute atomic E-state index is 0.137. The van der Waals surface area contributed by atoms with Gasteiger partial charge in [0, 0.05) is 30.8 Å². The molecule has 0 fully saturated rings. The van der Waals surface area contributed by atoms with Crippen LogP contribution in [-0.2, 0) is 4.74 Å². The highest BCUT2D eigenvalue weighted by atomic mass is 16.5. The van der Waals surface area contributed by atoms with Crippen LogP contribution in [0, 0.1) is 0 Å². The van der Waals surface area contributed by atoms with Crippen LogP contribution in [0.4, 0.5) is 0 Å². The Kier molecular flexibility index (Phi) is 4.54. The van der Waals surface area contributed by atoms with Gasteiger partial charge in [-0.05, 0) is 12.5 Å². The molecule has 0 saturated carbocycles. The Hall–Kier alpha value is -1.85. The molecule has 3 N–H and O–H groups in total. The molecule has 0 aliphatic heterocycles. The first-order chi connectivity index (χ1) is 9.22. The zero-order chi connectivity index (χ0) is 13.7. The maximum atomic E-state index is 12.0. The van der Waals surface area contributed by atoms with Gasteiger partial charge >= 0.3 is 0 Å². The average molecular weight is 262 g/mol. The van der Waals surface area contributed by atoms with Crippen LogP contribution >= 0.6 is 0 Å². The summed E-state index contributed by atoms with van der Waals surface area (Å²) in [6.07, 6.45) is 1.63. The number of aromatic nitrogens is 1. The number of hydrogen-bond acceptors (Lipinski definition) is 3. The molecule has 1 amide bonds. The SMILES string of the molecule is COCC(O)CCNC(=O)c1c[nH]c2ccccc12. The van der Waals surface area contributed by atoms with Crippen LogP contribution in [0.15, 0.2) is 30.5 Å². The van der Waals surface area contributed by atoms with Crippen molar-refractivity contribution in [3.8, 4) is 0 Å². The molecule has 0 aliphatic carbocycles. The number of rotatable bonds is 6. The number of benzene rings is 1. The first kappa shape index (κ1) is 13.6. The molecular formula is C14H18N2O3. The van der Waals surface area contributed by atoms with Crippen LogP contribution in [0.5, 0.6) is 0 Å². The number of methoxy groups -OCH3 is 1. The van der Waals surface area contributed by atoms with Gasteiger partial charge in [0.25, 0.3) is 5.91 Å². The van der Waals surface area contributed by atoms with Gasteiger partial charge in [0.15, 0.2) is 0 Å². The number of amides is 1. The number of aliphatic hydroxyl groups excluding tert-OH is 1. The second-order valence-corrected chi connectivity index (χ2v) is 4.40. The maximum Gasteiger partial charge on any atom is 0.253 e. The standard InChI is InChI=1S/C14H18N2O3/c1-19-9-10(17)6-7-15-14(18)12-8-16-13-5-3-2-4-11(12)13/h2-5,8,10,16-17H,6-7,9H2,1H3,(H,15,18). The first-order valence-electron chi connectivity index (χ1n) is 6.23. The second-order valence-electron chi connectivity index (χ2n) is 4.40. The molecule has 2 aromatic rings. The van der Waals surface area contributed by atoms with Gasteiger partial charge in [-0.3, -0.25) is 4.79 Å². The molecule has 0 spiro atoms. The number of aliphatic hydroxyl groups is 1. The maximum absolute atomic E-state index is 12.0. The van der Waals surface area contributed by atoms with E-state index in [1.165, 1.54) is 7.11 Å². The Bertz CT molecular complexity index is 550. The third-order valence-corrected chi connectivity index (χ3v) is 2.96. The summed E-state index contributed by atoms with van der Waals surface area (Å²) in [4.78, 5) is 15.1. The highest BCUT2D eigenvalue weighted by Gasteiger charge is 2.11. The molecule has 0 saturated heterocycles. The van der Waals surface area contributed by atoms with E-state index in [-0.39, 0.29) is 12.5 Å². The summed E-state index contributed by atoms with van der Waals surface area (Å²) in [5, 5.41) is 13.2. The number of nitrogens with one attached hydrogen (secondary N) is 2. The molecule has 2 rings (SSSR count). The molecule has 0 aliphatic rings. The van der Waals surface area contributed by atoms with E-state index in [2.05, 4.69) is 10.3 Å². The van der Waals surface area contributed by atoms with Crippen molar-refractivity contribution in [2.45, 2.75) is 12.5 Å². The minimum Gasteiger partial charge on any atom is -0.391 e. The Balaban J connectivity index is 1.93. The number of hydrogen-bond donors (Lipinski definition) is 3.